The lowest BCUT2D eigenvalue weighted by Gasteiger charge is -1.88. The molecular formula is C13H9NO. The Labute approximate surface area is 87.6 Å². The molecule has 2 heteroatoms. The monoisotopic (exact) mass is 195 g/mol. The highest BCUT2D eigenvalue weighted by Crippen LogP contribution is 1.95. The molecule has 2 rings (SSSR count). The molecule has 2 aromatic rings. The summed E-state index contributed by atoms with van der Waals surface area (Å²) in [5, 5.41) is 0. The van der Waals surface area contributed by atoms with Crippen LogP contribution in [-0.4, -0.2) is 4.98 Å². The number of rotatable bonds is 0. The molecular weight excluding hydrogens is 186 g/mol. The number of nitrogens with one attached hydrogen (secondary N) is 1. The van der Waals surface area contributed by atoms with Gasteiger partial charge in [-0.05, 0) is 24.1 Å². The van der Waals surface area contributed by atoms with E-state index in [2.05, 4.69) is 16.8 Å². The zero-order chi connectivity index (χ0) is 10.5. The molecule has 0 unspecified atom stereocenters. The SMILES string of the molecule is O=c1cccc(C#Cc2ccccc2)[nH]1. The zero-order valence-electron chi connectivity index (χ0n) is 8.03. The summed E-state index contributed by atoms with van der Waals surface area (Å²) in [4.78, 5) is 13.6. The maximum atomic E-state index is 11.0. The molecule has 0 atom stereocenters. The van der Waals surface area contributed by atoms with Crippen LogP contribution in [0.25, 0.3) is 0 Å². The summed E-state index contributed by atoms with van der Waals surface area (Å²) in [5.41, 5.74) is 1.43. The van der Waals surface area contributed by atoms with Crippen LogP contribution in [0.2, 0.25) is 0 Å². The van der Waals surface area contributed by atoms with Crippen molar-refractivity contribution < 1.29 is 0 Å². The molecule has 0 aliphatic carbocycles. The summed E-state index contributed by atoms with van der Waals surface area (Å²) < 4.78 is 0. The number of hydrogen-bond acceptors (Lipinski definition) is 1. The maximum absolute atomic E-state index is 11.0. The van der Waals surface area contributed by atoms with Gasteiger partial charge in [0.05, 0.1) is 5.69 Å². The third kappa shape index (κ3) is 2.58. The second kappa shape index (κ2) is 4.30. The largest absolute Gasteiger partial charge is 0.315 e. The zero-order valence-corrected chi connectivity index (χ0v) is 8.03. The molecule has 0 spiro atoms. The van der Waals surface area contributed by atoms with Gasteiger partial charge in [0.25, 0.3) is 0 Å². The molecule has 0 radical (unpaired) electrons. The first-order chi connectivity index (χ1) is 7.34. The Morgan fingerprint density at radius 3 is 2.40 bits per heavy atom. The van der Waals surface area contributed by atoms with Gasteiger partial charge in [-0.3, -0.25) is 4.79 Å². The first-order valence-corrected chi connectivity index (χ1v) is 4.61. The van der Waals surface area contributed by atoms with E-state index in [0.29, 0.717) is 5.69 Å². The number of pyridine rings is 1. The molecule has 0 bridgehead atoms. The summed E-state index contributed by atoms with van der Waals surface area (Å²) in [5.74, 6) is 5.86. The summed E-state index contributed by atoms with van der Waals surface area (Å²) >= 11 is 0. The summed E-state index contributed by atoms with van der Waals surface area (Å²) in [6.07, 6.45) is 0. The molecule has 2 nitrogen and oxygen atoms in total. The van der Waals surface area contributed by atoms with Crippen LogP contribution < -0.4 is 5.56 Å². The van der Waals surface area contributed by atoms with Gasteiger partial charge >= 0.3 is 0 Å². The first kappa shape index (κ1) is 9.29. The van der Waals surface area contributed by atoms with Crippen LogP contribution in [0.4, 0.5) is 0 Å². The van der Waals surface area contributed by atoms with Crippen molar-refractivity contribution in [3.63, 3.8) is 0 Å². The van der Waals surface area contributed by atoms with Crippen molar-refractivity contribution in [1.29, 1.82) is 0 Å². The molecule has 1 aromatic heterocycles. The second-order valence-corrected chi connectivity index (χ2v) is 3.04. The van der Waals surface area contributed by atoms with Crippen molar-refractivity contribution in [2.45, 2.75) is 0 Å². The summed E-state index contributed by atoms with van der Waals surface area (Å²) in [6, 6.07) is 14.6. The fraction of sp³-hybridized carbons (Fsp3) is 0. The van der Waals surface area contributed by atoms with E-state index in [1.54, 1.807) is 12.1 Å². The highest BCUT2D eigenvalue weighted by molar-refractivity contribution is 5.39. The Hall–Kier alpha value is -2.27. The minimum atomic E-state index is -0.130. The average Bonchev–Trinajstić information content (AvgIpc) is 2.28. The van der Waals surface area contributed by atoms with Gasteiger partial charge in [0, 0.05) is 11.6 Å². The Bertz CT molecular complexity index is 558. The molecule has 72 valence electrons. The summed E-state index contributed by atoms with van der Waals surface area (Å²) in [6.45, 7) is 0. The Balaban J connectivity index is 2.30. The third-order valence-electron chi connectivity index (χ3n) is 1.88. The molecule has 1 aromatic carbocycles. The van der Waals surface area contributed by atoms with Crippen molar-refractivity contribution in [3.8, 4) is 11.8 Å². The maximum Gasteiger partial charge on any atom is 0.248 e. The topological polar surface area (TPSA) is 32.9 Å². The van der Waals surface area contributed by atoms with E-state index >= 15 is 0 Å². The van der Waals surface area contributed by atoms with Gasteiger partial charge in [-0.1, -0.05) is 30.2 Å². The van der Waals surface area contributed by atoms with Crippen molar-refractivity contribution in [1.82, 2.24) is 4.98 Å². The predicted molar refractivity (Wildman–Crippen MR) is 59.5 cm³/mol. The van der Waals surface area contributed by atoms with Crippen molar-refractivity contribution in [3.05, 3.63) is 70.1 Å². The predicted octanol–water partition coefficient (Wildman–Crippen LogP) is 1.77. The van der Waals surface area contributed by atoms with Crippen LogP contribution in [-0.2, 0) is 0 Å². The van der Waals surface area contributed by atoms with E-state index in [0.717, 1.165) is 5.56 Å². The average molecular weight is 195 g/mol. The lowest BCUT2D eigenvalue weighted by Crippen LogP contribution is -2.03. The van der Waals surface area contributed by atoms with Crippen LogP contribution in [0.15, 0.2) is 53.3 Å². The highest BCUT2D eigenvalue weighted by Gasteiger charge is 1.86. The van der Waals surface area contributed by atoms with E-state index in [1.807, 2.05) is 30.3 Å². The number of aromatic amines is 1. The van der Waals surface area contributed by atoms with Gasteiger partial charge in [0.1, 0.15) is 0 Å². The molecule has 1 heterocycles. The Morgan fingerprint density at radius 1 is 0.867 bits per heavy atom. The van der Waals surface area contributed by atoms with Gasteiger partial charge in [0.2, 0.25) is 5.56 Å². The van der Waals surface area contributed by atoms with E-state index in [-0.39, 0.29) is 5.56 Å². The highest BCUT2D eigenvalue weighted by atomic mass is 16.1. The van der Waals surface area contributed by atoms with Crippen LogP contribution in [0.1, 0.15) is 11.3 Å². The van der Waals surface area contributed by atoms with Gasteiger partial charge in [-0.15, -0.1) is 0 Å². The van der Waals surface area contributed by atoms with Gasteiger partial charge < -0.3 is 4.98 Å². The molecule has 0 amide bonds. The van der Waals surface area contributed by atoms with Crippen LogP contribution >= 0.6 is 0 Å². The van der Waals surface area contributed by atoms with Crippen LogP contribution in [0.5, 0.6) is 0 Å². The molecule has 0 fully saturated rings. The number of benzene rings is 1. The van der Waals surface area contributed by atoms with E-state index in [9.17, 15) is 4.79 Å². The first-order valence-electron chi connectivity index (χ1n) is 4.61. The molecule has 15 heavy (non-hydrogen) atoms. The Kier molecular flexibility index (Phi) is 2.66. The van der Waals surface area contributed by atoms with Gasteiger partial charge in [-0.25, -0.2) is 0 Å². The lowest BCUT2D eigenvalue weighted by atomic mass is 10.2. The molecule has 0 aliphatic rings. The fourth-order valence-corrected chi connectivity index (χ4v) is 1.18. The molecule has 0 saturated carbocycles. The standard InChI is InChI=1S/C13H9NO/c15-13-8-4-7-12(14-13)10-9-11-5-2-1-3-6-11/h1-8H,(H,14,15). The van der Waals surface area contributed by atoms with Crippen molar-refractivity contribution in [2.75, 3.05) is 0 Å². The van der Waals surface area contributed by atoms with Gasteiger partial charge in [-0.2, -0.15) is 0 Å². The third-order valence-corrected chi connectivity index (χ3v) is 1.88. The minimum Gasteiger partial charge on any atom is -0.315 e. The number of hydrogen-bond donors (Lipinski definition) is 1. The lowest BCUT2D eigenvalue weighted by molar-refractivity contribution is 1.21. The fourth-order valence-electron chi connectivity index (χ4n) is 1.18. The van der Waals surface area contributed by atoms with Crippen LogP contribution in [0, 0.1) is 11.8 Å². The van der Waals surface area contributed by atoms with E-state index < -0.39 is 0 Å². The normalized spacial score (nSPS) is 9.07. The van der Waals surface area contributed by atoms with E-state index in [1.165, 1.54) is 6.07 Å². The quantitative estimate of drug-likeness (QED) is 0.638. The Morgan fingerprint density at radius 2 is 1.67 bits per heavy atom. The molecule has 0 aliphatic heterocycles. The van der Waals surface area contributed by atoms with Crippen LogP contribution in [0.3, 0.4) is 0 Å². The number of aromatic nitrogens is 1. The molecule has 0 saturated heterocycles. The van der Waals surface area contributed by atoms with E-state index in [4.69, 9.17) is 0 Å². The smallest absolute Gasteiger partial charge is 0.248 e. The summed E-state index contributed by atoms with van der Waals surface area (Å²) in [7, 11) is 0. The molecule has 1 N–H and O–H groups in total. The minimum absolute atomic E-state index is 0.130. The van der Waals surface area contributed by atoms with Crippen molar-refractivity contribution in [2.24, 2.45) is 0 Å². The second-order valence-electron chi connectivity index (χ2n) is 3.04. The van der Waals surface area contributed by atoms with Gasteiger partial charge in [0.15, 0.2) is 0 Å². The number of H-pyrrole nitrogens is 1. The van der Waals surface area contributed by atoms with Crippen molar-refractivity contribution >= 4 is 0 Å².